The molecule has 2 N–H and O–H groups in total. The third-order valence-corrected chi connectivity index (χ3v) is 10.1. The number of carboxylic acids is 1. The normalized spacial score (nSPS) is 30.8. The summed E-state index contributed by atoms with van der Waals surface area (Å²) in [6, 6.07) is 10.5. The molecule has 4 aliphatic rings. The molecule has 6 atom stereocenters. The van der Waals surface area contributed by atoms with Gasteiger partial charge in [-0.2, -0.15) is 0 Å². The maximum absolute atomic E-state index is 14.1. The summed E-state index contributed by atoms with van der Waals surface area (Å²) in [5.74, 6) is 0.602. The van der Waals surface area contributed by atoms with Gasteiger partial charge < -0.3 is 14.7 Å². The Bertz CT molecular complexity index is 1520. The molecule has 4 fully saturated rings. The van der Waals surface area contributed by atoms with Gasteiger partial charge in [0.15, 0.2) is 0 Å². The Hall–Kier alpha value is -3.26. The van der Waals surface area contributed by atoms with Crippen LogP contribution in [0.25, 0.3) is 22.3 Å². The fourth-order valence-corrected chi connectivity index (χ4v) is 8.61. The number of pyridine rings is 1. The minimum absolute atomic E-state index is 0.00535. The monoisotopic (exact) mass is 528 g/mol. The van der Waals surface area contributed by atoms with E-state index in [1.807, 2.05) is 28.8 Å². The molecule has 4 bridgehead atoms. The number of carboxylic acid groups (broad SMARTS) is 1. The van der Waals surface area contributed by atoms with Gasteiger partial charge in [0, 0.05) is 30.4 Å². The molecule has 0 radical (unpaired) electrons. The molecule has 7 rings (SSSR count). The van der Waals surface area contributed by atoms with Crippen LogP contribution in [0.3, 0.4) is 0 Å². The van der Waals surface area contributed by atoms with Crippen LogP contribution in [0.2, 0.25) is 0 Å². The zero-order valence-corrected chi connectivity index (χ0v) is 22.2. The fourth-order valence-electron chi connectivity index (χ4n) is 8.61. The van der Waals surface area contributed by atoms with Crippen molar-refractivity contribution in [2.45, 2.75) is 94.8 Å². The summed E-state index contributed by atoms with van der Waals surface area (Å²) in [4.78, 5) is 48.5. The molecule has 0 amide bonds. The van der Waals surface area contributed by atoms with Crippen LogP contribution in [0.5, 0.6) is 0 Å². The van der Waals surface area contributed by atoms with E-state index in [-0.39, 0.29) is 28.4 Å². The highest BCUT2D eigenvalue weighted by atomic mass is 16.4. The largest absolute Gasteiger partial charge is 0.478 e. The average Bonchev–Trinajstić information content (AvgIpc) is 2.92. The Morgan fingerprint density at radius 3 is 2.28 bits per heavy atom. The van der Waals surface area contributed by atoms with Crippen LogP contribution in [0.15, 0.2) is 46.1 Å². The second-order valence-corrected chi connectivity index (χ2v) is 12.4. The van der Waals surface area contributed by atoms with E-state index in [0.717, 1.165) is 36.4 Å². The van der Waals surface area contributed by atoms with Gasteiger partial charge in [-0.25, -0.2) is 9.78 Å². The van der Waals surface area contributed by atoms with E-state index in [0.29, 0.717) is 23.6 Å². The number of rotatable bonds is 4. The maximum Gasteiger partial charge on any atom is 0.337 e. The Morgan fingerprint density at radius 2 is 1.56 bits per heavy atom. The van der Waals surface area contributed by atoms with E-state index in [9.17, 15) is 19.5 Å². The number of hydrogen-bond donors (Lipinski definition) is 2. The van der Waals surface area contributed by atoms with Crippen LogP contribution in [-0.4, -0.2) is 48.6 Å². The molecule has 39 heavy (non-hydrogen) atoms. The molecule has 8 nitrogen and oxygen atoms in total. The summed E-state index contributed by atoms with van der Waals surface area (Å²) >= 11 is 0. The lowest BCUT2D eigenvalue weighted by atomic mass is 9.68. The minimum Gasteiger partial charge on any atom is -0.478 e. The highest BCUT2D eigenvalue weighted by Gasteiger charge is 2.45. The number of piperidine rings is 2. The summed E-state index contributed by atoms with van der Waals surface area (Å²) in [6.45, 7) is 0. The number of aromatic nitrogens is 3. The summed E-state index contributed by atoms with van der Waals surface area (Å²) in [5.41, 5.74) is 0.536. The molecular weight excluding hydrogens is 492 g/mol. The van der Waals surface area contributed by atoms with Crippen LogP contribution < -0.4 is 11.1 Å². The van der Waals surface area contributed by atoms with E-state index < -0.39 is 11.5 Å². The van der Waals surface area contributed by atoms with Gasteiger partial charge in [-0.15, -0.1) is 0 Å². The summed E-state index contributed by atoms with van der Waals surface area (Å²) in [6.07, 6.45) is 14.8. The number of nitrogens with zero attached hydrogens (tertiary/aromatic N) is 3. The second kappa shape index (κ2) is 9.73. The van der Waals surface area contributed by atoms with Crippen LogP contribution >= 0.6 is 0 Å². The summed E-state index contributed by atoms with van der Waals surface area (Å²) in [5, 5.41) is 9.49. The molecule has 0 spiro atoms. The van der Waals surface area contributed by atoms with Crippen molar-refractivity contribution in [3.8, 4) is 11.3 Å². The van der Waals surface area contributed by atoms with Gasteiger partial charge in [0.1, 0.15) is 5.69 Å². The maximum atomic E-state index is 14.1. The number of aromatic amines is 1. The predicted octanol–water partition coefficient (Wildman–Crippen LogP) is 4.98. The highest BCUT2D eigenvalue weighted by molar-refractivity contribution is 5.89. The molecule has 3 aromatic rings. The quantitative estimate of drug-likeness (QED) is 0.495. The van der Waals surface area contributed by atoms with Crippen molar-refractivity contribution in [3.05, 3.63) is 62.8 Å². The molecule has 0 unspecified atom stereocenters. The summed E-state index contributed by atoms with van der Waals surface area (Å²) in [7, 11) is 0. The van der Waals surface area contributed by atoms with Crippen LogP contribution in [0, 0.1) is 11.8 Å². The standard InChI is InChI=1S/C31H36N4O4/c36-29-25(14-20(17-32-29)31(38)39)28-30(37)35(27-10-2-1-9-26(27)33-28)24-15-21-7-4-8-22(16-24)34(21)23-12-18-5-3-6-19(11-18)13-23/h1-2,9-10,14,17-19,21-24H,3-8,11-13,15-16H2,(H,32,36)(H,38,39)/t18-,19+,21-,22+,23+,24+. The molecule has 2 aromatic heterocycles. The van der Waals surface area contributed by atoms with Gasteiger partial charge in [-0.3, -0.25) is 14.5 Å². The van der Waals surface area contributed by atoms with Gasteiger partial charge in [0.25, 0.3) is 11.1 Å². The number of fused-ring (bicyclic) bond motifs is 5. The lowest BCUT2D eigenvalue weighted by molar-refractivity contribution is -0.0485. The molecule has 2 saturated carbocycles. The number of nitrogens with one attached hydrogen (secondary N) is 1. The smallest absolute Gasteiger partial charge is 0.337 e. The van der Waals surface area contributed by atoms with Gasteiger partial charge in [-0.05, 0) is 75.0 Å². The van der Waals surface area contributed by atoms with Crippen molar-refractivity contribution < 1.29 is 9.90 Å². The first-order chi connectivity index (χ1) is 19.0. The number of hydrogen-bond acceptors (Lipinski definition) is 5. The third-order valence-electron chi connectivity index (χ3n) is 10.1. The van der Waals surface area contributed by atoms with E-state index in [1.54, 1.807) is 0 Å². The lowest BCUT2D eigenvalue weighted by Crippen LogP contribution is -2.58. The van der Waals surface area contributed by atoms with E-state index in [4.69, 9.17) is 0 Å². The molecule has 4 heterocycles. The van der Waals surface area contributed by atoms with E-state index in [2.05, 4.69) is 14.9 Å². The fraction of sp³-hybridized carbons (Fsp3) is 0.548. The summed E-state index contributed by atoms with van der Waals surface area (Å²) < 4.78 is 1.88. The zero-order valence-electron chi connectivity index (χ0n) is 22.2. The van der Waals surface area contributed by atoms with Gasteiger partial charge >= 0.3 is 5.97 Å². The first-order valence-electron chi connectivity index (χ1n) is 14.7. The molecule has 1 aromatic carbocycles. The number of benzene rings is 1. The predicted molar refractivity (Wildman–Crippen MR) is 149 cm³/mol. The van der Waals surface area contributed by atoms with Crippen molar-refractivity contribution >= 4 is 17.0 Å². The van der Waals surface area contributed by atoms with Gasteiger partial charge in [-0.1, -0.05) is 37.8 Å². The van der Waals surface area contributed by atoms with Crippen LogP contribution in [0.1, 0.15) is 87.0 Å². The minimum atomic E-state index is -1.17. The van der Waals surface area contributed by atoms with E-state index >= 15 is 0 Å². The van der Waals surface area contributed by atoms with Crippen molar-refractivity contribution in [2.75, 3.05) is 0 Å². The van der Waals surface area contributed by atoms with Crippen LogP contribution in [0.4, 0.5) is 0 Å². The molecule has 2 saturated heterocycles. The number of H-pyrrole nitrogens is 1. The van der Waals surface area contributed by atoms with Crippen LogP contribution in [-0.2, 0) is 0 Å². The Labute approximate surface area is 227 Å². The zero-order chi connectivity index (χ0) is 26.7. The molecular formula is C31H36N4O4. The Kier molecular flexibility index (Phi) is 6.18. The third kappa shape index (κ3) is 4.33. The van der Waals surface area contributed by atoms with E-state index in [1.165, 1.54) is 63.9 Å². The van der Waals surface area contributed by atoms with Gasteiger partial charge in [0.05, 0.1) is 22.2 Å². The number of aromatic carboxylic acids is 1. The Morgan fingerprint density at radius 1 is 0.872 bits per heavy atom. The molecule has 8 heteroatoms. The van der Waals surface area contributed by atoms with Crippen molar-refractivity contribution in [2.24, 2.45) is 11.8 Å². The topological polar surface area (TPSA) is 108 Å². The molecule has 2 aliphatic carbocycles. The lowest BCUT2D eigenvalue weighted by Gasteiger charge is -2.55. The van der Waals surface area contributed by atoms with Crippen molar-refractivity contribution in [1.29, 1.82) is 0 Å². The number of para-hydroxylation sites is 2. The highest BCUT2D eigenvalue weighted by Crippen LogP contribution is 2.47. The first kappa shape index (κ1) is 24.8. The average molecular weight is 529 g/mol. The molecule has 204 valence electrons. The van der Waals surface area contributed by atoms with Crippen molar-refractivity contribution in [3.63, 3.8) is 0 Å². The van der Waals surface area contributed by atoms with Crippen molar-refractivity contribution in [1.82, 2.24) is 19.4 Å². The van der Waals surface area contributed by atoms with Gasteiger partial charge in [0.2, 0.25) is 0 Å². The molecule has 2 aliphatic heterocycles. The Balaban J connectivity index is 1.29. The first-order valence-corrected chi connectivity index (χ1v) is 14.7. The number of carbonyl (C=O) groups is 1. The second-order valence-electron chi connectivity index (χ2n) is 12.4. The SMILES string of the molecule is O=C(O)c1c[nH]c(=O)c(-c2nc3ccccc3n([C@H]3C[C@H]4CCC[C@@H](C3)N4[C@H]3C[C@@H]4CCC[C@@H](C4)C3)c2=O)c1.